The highest BCUT2D eigenvalue weighted by Gasteiger charge is 2.17. The number of carbonyl (C=O) groups is 1. The second-order valence-corrected chi connectivity index (χ2v) is 4.31. The molecule has 2 aromatic rings. The largest absolute Gasteiger partial charge is 0.497 e. The molecule has 0 aromatic heterocycles. The SMILES string of the molecule is COc1cccc(N(CCN)C(=O)c2ccccc2)c1. The van der Waals surface area contributed by atoms with Crippen LogP contribution in [0.3, 0.4) is 0 Å². The summed E-state index contributed by atoms with van der Waals surface area (Å²) in [6.45, 7) is 0.858. The average molecular weight is 270 g/mol. The van der Waals surface area contributed by atoms with E-state index in [1.165, 1.54) is 0 Å². The molecule has 0 aliphatic carbocycles. The number of nitrogens with two attached hydrogens (primary N) is 1. The van der Waals surface area contributed by atoms with Crippen LogP contribution in [0.4, 0.5) is 5.69 Å². The third kappa shape index (κ3) is 3.16. The summed E-state index contributed by atoms with van der Waals surface area (Å²) in [7, 11) is 1.60. The Kier molecular flexibility index (Phi) is 4.74. The van der Waals surface area contributed by atoms with E-state index in [0.29, 0.717) is 24.4 Å². The lowest BCUT2D eigenvalue weighted by molar-refractivity contribution is 0.0987. The Morgan fingerprint density at radius 3 is 2.55 bits per heavy atom. The van der Waals surface area contributed by atoms with Crippen molar-refractivity contribution in [2.75, 3.05) is 25.1 Å². The van der Waals surface area contributed by atoms with Crippen LogP contribution in [-0.2, 0) is 0 Å². The van der Waals surface area contributed by atoms with Gasteiger partial charge >= 0.3 is 0 Å². The van der Waals surface area contributed by atoms with Crippen molar-refractivity contribution in [1.29, 1.82) is 0 Å². The van der Waals surface area contributed by atoms with Gasteiger partial charge in [-0.25, -0.2) is 0 Å². The van der Waals surface area contributed by atoms with Crippen LogP contribution in [0.2, 0.25) is 0 Å². The van der Waals surface area contributed by atoms with Crippen LogP contribution in [0.1, 0.15) is 10.4 Å². The summed E-state index contributed by atoms with van der Waals surface area (Å²) in [6.07, 6.45) is 0. The molecule has 2 rings (SSSR count). The highest BCUT2D eigenvalue weighted by atomic mass is 16.5. The summed E-state index contributed by atoms with van der Waals surface area (Å²) >= 11 is 0. The highest BCUT2D eigenvalue weighted by Crippen LogP contribution is 2.22. The molecule has 0 radical (unpaired) electrons. The van der Waals surface area contributed by atoms with E-state index in [1.54, 1.807) is 24.1 Å². The number of rotatable bonds is 5. The fourth-order valence-corrected chi connectivity index (χ4v) is 1.99. The van der Waals surface area contributed by atoms with Crippen molar-refractivity contribution < 1.29 is 9.53 Å². The van der Waals surface area contributed by atoms with Crippen LogP contribution < -0.4 is 15.4 Å². The molecule has 0 bridgehead atoms. The molecule has 2 N–H and O–H groups in total. The van der Waals surface area contributed by atoms with Gasteiger partial charge in [0.2, 0.25) is 0 Å². The van der Waals surface area contributed by atoms with E-state index < -0.39 is 0 Å². The molecule has 20 heavy (non-hydrogen) atoms. The topological polar surface area (TPSA) is 55.6 Å². The van der Waals surface area contributed by atoms with Crippen molar-refractivity contribution in [3.05, 3.63) is 60.2 Å². The highest BCUT2D eigenvalue weighted by molar-refractivity contribution is 6.06. The van der Waals surface area contributed by atoms with Crippen LogP contribution in [0.25, 0.3) is 0 Å². The Labute approximate surface area is 118 Å². The first-order valence-corrected chi connectivity index (χ1v) is 6.47. The summed E-state index contributed by atoms with van der Waals surface area (Å²) < 4.78 is 5.20. The van der Waals surface area contributed by atoms with Crippen molar-refractivity contribution in [3.63, 3.8) is 0 Å². The Balaban J connectivity index is 2.33. The van der Waals surface area contributed by atoms with Gasteiger partial charge in [0.05, 0.1) is 7.11 Å². The molecule has 0 fully saturated rings. The lowest BCUT2D eigenvalue weighted by Gasteiger charge is -2.22. The smallest absolute Gasteiger partial charge is 0.258 e. The Morgan fingerprint density at radius 2 is 1.90 bits per heavy atom. The first-order valence-electron chi connectivity index (χ1n) is 6.47. The minimum absolute atomic E-state index is 0.0655. The van der Waals surface area contributed by atoms with Crippen LogP contribution >= 0.6 is 0 Å². The van der Waals surface area contributed by atoms with Gasteiger partial charge in [0, 0.05) is 30.4 Å². The molecule has 0 saturated heterocycles. The Bertz CT molecular complexity index is 570. The maximum atomic E-state index is 12.6. The molecule has 1 amide bonds. The van der Waals surface area contributed by atoms with Gasteiger partial charge in [0.25, 0.3) is 5.91 Å². The molecule has 4 heteroatoms. The summed E-state index contributed by atoms with van der Waals surface area (Å²) in [5.74, 6) is 0.648. The number of methoxy groups -OCH3 is 1. The molecule has 0 aliphatic heterocycles. The monoisotopic (exact) mass is 270 g/mol. The van der Waals surface area contributed by atoms with Crippen LogP contribution in [-0.4, -0.2) is 26.1 Å². The second kappa shape index (κ2) is 6.73. The maximum absolute atomic E-state index is 12.6. The fraction of sp³-hybridized carbons (Fsp3) is 0.188. The van der Waals surface area contributed by atoms with E-state index in [2.05, 4.69) is 0 Å². The molecular formula is C16H18N2O2. The predicted octanol–water partition coefficient (Wildman–Crippen LogP) is 2.30. The Morgan fingerprint density at radius 1 is 1.15 bits per heavy atom. The van der Waals surface area contributed by atoms with E-state index in [9.17, 15) is 4.79 Å². The zero-order chi connectivity index (χ0) is 14.4. The third-order valence-corrected chi connectivity index (χ3v) is 2.98. The fourth-order valence-electron chi connectivity index (χ4n) is 1.99. The van der Waals surface area contributed by atoms with Gasteiger partial charge in [-0.15, -0.1) is 0 Å². The molecule has 0 saturated carbocycles. The summed E-state index contributed by atoms with van der Waals surface area (Å²) in [5.41, 5.74) is 7.05. The normalized spacial score (nSPS) is 10.1. The molecule has 0 spiro atoms. The summed E-state index contributed by atoms with van der Waals surface area (Å²) in [5, 5.41) is 0. The quantitative estimate of drug-likeness (QED) is 0.907. The zero-order valence-electron chi connectivity index (χ0n) is 11.5. The van der Waals surface area contributed by atoms with Crippen molar-refractivity contribution in [3.8, 4) is 5.75 Å². The molecule has 104 valence electrons. The van der Waals surface area contributed by atoms with Gasteiger partial charge < -0.3 is 15.4 Å². The number of benzene rings is 2. The molecule has 0 heterocycles. The van der Waals surface area contributed by atoms with Gasteiger partial charge in [-0.05, 0) is 24.3 Å². The van der Waals surface area contributed by atoms with Gasteiger partial charge in [0.15, 0.2) is 0 Å². The number of ether oxygens (including phenoxy) is 1. The van der Waals surface area contributed by atoms with Gasteiger partial charge in [-0.3, -0.25) is 4.79 Å². The van der Waals surface area contributed by atoms with Crippen LogP contribution in [0.15, 0.2) is 54.6 Å². The molecule has 0 atom stereocenters. The van der Waals surface area contributed by atoms with E-state index in [-0.39, 0.29) is 5.91 Å². The van der Waals surface area contributed by atoms with Crippen LogP contribution in [0.5, 0.6) is 5.75 Å². The van der Waals surface area contributed by atoms with Crippen molar-refractivity contribution >= 4 is 11.6 Å². The first kappa shape index (κ1) is 14.1. The van der Waals surface area contributed by atoms with Crippen molar-refractivity contribution in [1.82, 2.24) is 0 Å². The minimum Gasteiger partial charge on any atom is -0.497 e. The maximum Gasteiger partial charge on any atom is 0.258 e. The number of hydrogen-bond donors (Lipinski definition) is 1. The van der Waals surface area contributed by atoms with Crippen LogP contribution in [0, 0.1) is 0 Å². The number of anilines is 1. The number of carbonyl (C=O) groups excluding carboxylic acids is 1. The minimum atomic E-state index is -0.0655. The summed E-state index contributed by atoms with van der Waals surface area (Å²) in [4.78, 5) is 14.2. The molecular weight excluding hydrogens is 252 g/mol. The molecule has 0 unspecified atom stereocenters. The molecule has 4 nitrogen and oxygen atoms in total. The van der Waals surface area contributed by atoms with Gasteiger partial charge in [-0.2, -0.15) is 0 Å². The van der Waals surface area contributed by atoms with E-state index >= 15 is 0 Å². The van der Waals surface area contributed by atoms with Gasteiger partial charge in [0.1, 0.15) is 5.75 Å². The predicted molar refractivity (Wildman–Crippen MR) is 80.2 cm³/mol. The lowest BCUT2D eigenvalue weighted by atomic mass is 10.1. The van der Waals surface area contributed by atoms with Crippen molar-refractivity contribution in [2.24, 2.45) is 5.73 Å². The van der Waals surface area contributed by atoms with Gasteiger partial charge in [-0.1, -0.05) is 24.3 Å². The second-order valence-electron chi connectivity index (χ2n) is 4.31. The number of nitrogens with zero attached hydrogens (tertiary/aromatic N) is 1. The van der Waals surface area contributed by atoms with E-state index in [0.717, 1.165) is 5.69 Å². The standard InChI is InChI=1S/C16H18N2O2/c1-20-15-9-5-8-14(12-15)18(11-10-17)16(19)13-6-3-2-4-7-13/h2-9,12H,10-11,17H2,1H3. The number of amides is 1. The molecule has 0 aliphatic rings. The summed E-state index contributed by atoms with van der Waals surface area (Å²) in [6, 6.07) is 16.6. The first-order chi connectivity index (χ1) is 9.76. The lowest BCUT2D eigenvalue weighted by Crippen LogP contribution is -2.35. The molecule has 2 aromatic carbocycles. The van der Waals surface area contributed by atoms with E-state index in [1.807, 2.05) is 42.5 Å². The van der Waals surface area contributed by atoms with Crippen molar-refractivity contribution in [2.45, 2.75) is 0 Å². The zero-order valence-corrected chi connectivity index (χ0v) is 11.5. The average Bonchev–Trinajstić information content (AvgIpc) is 2.53. The van der Waals surface area contributed by atoms with E-state index in [4.69, 9.17) is 10.5 Å². The number of hydrogen-bond acceptors (Lipinski definition) is 3. The third-order valence-electron chi connectivity index (χ3n) is 2.98. The Hall–Kier alpha value is -2.33.